The van der Waals surface area contributed by atoms with E-state index in [0.717, 1.165) is 15.0 Å². The highest BCUT2D eigenvalue weighted by molar-refractivity contribution is 9.10. The zero-order valence-corrected chi connectivity index (χ0v) is 11.0. The van der Waals surface area contributed by atoms with Crippen LogP contribution in [0.5, 0.6) is 0 Å². The molecule has 0 spiro atoms. The highest BCUT2D eigenvalue weighted by atomic mass is 79.9. The third-order valence-electron chi connectivity index (χ3n) is 1.92. The number of hydrogen-bond acceptors (Lipinski definition) is 3. The van der Waals surface area contributed by atoms with E-state index in [1.807, 2.05) is 29.6 Å². The first-order valence-electron chi connectivity index (χ1n) is 4.18. The molecule has 2 N–H and O–H groups in total. The molecular weight excluding hydrogens is 296 g/mol. The van der Waals surface area contributed by atoms with Crippen LogP contribution in [0.3, 0.4) is 0 Å². The fourth-order valence-corrected chi connectivity index (χ4v) is 2.16. The van der Waals surface area contributed by atoms with Gasteiger partial charge >= 0.3 is 0 Å². The number of nitrogens with two attached hydrogens (primary N) is 1. The van der Waals surface area contributed by atoms with Crippen LogP contribution in [0.1, 0.15) is 16.6 Å². The Bertz CT molecular complexity index is 402. The van der Waals surface area contributed by atoms with Gasteiger partial charge < -0.3 is 5.73 Å². The van der Waals surface area contributed by atoms with Crippen LogP contribution >= 0.6 is 39.7 Å². The molecule has 0 bridgehead atoms. The van der Waals surface area contributed by atoms with E-state index in [-0.39, 0.29) is 18.4 Å². The molecule has 2 rings (SSSR count). The Kier molecular flexibility index (Phi) is 4.73. The minimum Gasteiger partial charge on any atom is -0.318 e. The molecule has 0 aliphatic carbocycles. The van der Waals surface area contributed by atoms with Gasteiger partial charge in [-0.2, -0.15) is 0 Å². The molecule has 0 saturated carbocycles. The molecule has 0 amide bonds. The first kappa shape index (κ1) is 12.6. The Hall–Kier alpha value is -0.420. The second kappa shape index (κ2) is 5.61. The van der Waals surface area contributed by atoms with E-state index >= 15 is 0 Å². The molecule has 0 fully saturated rings. The fraction of sp³-hybridized carbons (Fsp3) is 0.100. The van der Waals surface area contributed by atoms with Crippen LogP contribution in [0, 0.1) is 0 Å². The van der Waals surface area contributed by atoms with Gasteiger partial charge in [0, 0.05) is 15.5 Å². The summed E-state index contributed by atoms with van der Waals surface area (Å²) in [5.74, 6) is 0. The molecule has 2 nitrogen and oxygen atoms in total. The van der Waals surface area contributed by atoms with Crippen LogP contribution in [0.15, 0.2) is 40.3 Å². The molecule has 1 atom stereocenters. The van der Waals surface area contributed by atoms with Crippen molar-refractivity contribution in [3.8, 4) is 0 Å². The predicted octanol–water partition coefficient (Wildman–Crippen LogP) is 3.38. The van der Waals surface area contributed by atoms with Crippen LogP contribution in [0.4, 0.5) is 0 Å². The average Bonchev–Trinajstić information content (AvgIpc) is 2.71. The smallest absolute Gasteiger partial charge is 0.0820 e. The van der Waals surface area contributed by atoms with Crippen molar-refractivity contribution in [2.24, 2.45) is 5.73 Å². The molecule has 0 aromatic carbocycles. The topological polar surface area (TPSA) is 38.9 Å². The predicted molar refractivity (Wildman–Crippen MR) is 69.5 cm³/mol. The van der Waals surface area contributed by atoms with E-state index in [0.29, 0.717) is 0 Å². The molecule has 5 heteroatoms. The molecule has 0 unspecified atom stereocenters. The Morgan fingerprint density at radius 1 is 1.33 bits per heavy atom. The average molecular weight is 306 g/mol. The van der Waals surface area contributed by atoms with E-state index in [9.17, 15) is 0 Å². The van der Waals surface area contributed by atoms with Crippen molar-refractivity contribution in [1.82, 2.24) is 4.98 Å². The van der Waals surface area contributed by atoms with Gasteiger partial charge in [0.1, 0.15) is 0 Å². The summed E-state index contributed by atoms with van der Waals surface area (Å²) >= 11 is 5.00. The van der Waals surface area contributed by atoms with Gasteiger partial charge in [-0.1, -0.05) is 6.07 Å². The van der Waals surface area contributed by atoms with E-state index in [2.05, 4.69) is 20.9 Å². The van der Waals surface area contributed by atoms with Gasteiger partial charge in [-0.15, -0.1) is 23.7 Å². The van der Waals surface area contributed by atoms with Crippen LogP contribution in [-0.4, -0.2) is 4.98 Å². The summed E-state index contributed by atoms with van der Waals surface area (Å²) in [6.45, 7) is 0. The lowest BCUT2D eigenvalue weighted by Crippen LogP contribution is -2.11. The number of aromatic nitrogens is 1. The number of hydrogen-bond donors (Lipinski definition) is 1. The summed E-state index contributed by atoms with van der Waals surface area (Å²) in [6.07, 6.45) is 1.77. The van der Waals surface area contributed by atoms with Gasteiger partial charge in [-0.05, 0) is 39.5 Å². The second-order valence-corrected chi connectivity index (χ2v) is 4.79. The molecule has 2 heterocycles. The zero-order valence-electron chi connectivity index (χ0n) is 7.76. The van der Waals surface area contributed by atoms with Crippen molar-refractivity contribution in [2.45, 2.75) is 6.04 Å². The number of pyridine rings is 1. The first-order valence-corrected chi connectivity index (χ1v) is 5.85. The molecule has 0 aliphatic rings. The van der Waals surface area contributed by atoms with Crippen molar-refractivity contribution >= 4 is 39.7 Å². The van der Waals surface area contributed by atoms with Gasteiger partial charge in [0.05, 0.1) is 11.7 Å². The Labute approximate surface area is 107 Å². The SMILES string of the molecule is Cl.N[C@@H](c1ccc(Br)cn1)c1cccs1. The third-order valence-corrected chi connectivity index (χ3v) is 3.34. The molecule has 2 aromatic heterocycles. The quantitative estimate of drug-likeness (QED) is 0.924. The Balaban J connectivity index is 0.00000112. The summed E-state index contributed by atoms with van der Waals surface area (Å²) in [5.41, 5.74) is 6.94. The van der Waals surface area contributed by atoms with Gasteiger partial charge in [-0.3, -0.25) is 4.98 Å². The zero-order chi connectivity index (χ0) is 9.97. The molecule has 80 valence electrons. The van der Waals surface area contributed by atoms with Gasteiger partial charge in [0.25, 0.3) is 0 Å². The van der Waals surface area contributed by atoms with Crippen LogP contribution < -0.4 is 5.73 Å². The van der Waals surface area contributed by atoms with Crippen molar-refractivity contribution in [3.05, 3.63) is 50.9 Å². The molecule has 0 radical (unpaired) electrons. The van der Waals surface area contributed by atoms with E-state index in [1.165, 1.54) is 0 Å². The minimum atomic E-state index is -0.108. The summed E-state index contributed by atoms with van der Waals surface area (Å²) in [4.78, 5) is 5.41. The van der Waals surface area contributed by atoms with Crippen LogP contribution in [0.25, 0.3) is 0 Å². The minimum absolute atomic E-state index is 0. The lowest BCUT2D eigenvalue weighted by Gasteiger charge is -2.08. The van der Waals surface area contributed by atoms with Gasteiger partial charge in [0.15, 0.2) is 0 Å². The maximum Gasteiger partial charge on any atom is 0.0820 e. The highest BCUT2D eigenvalue weighted by Crippen LogP contribution is 2.22. The highest BCUT2D eigenvalue weighted by Gasteiger charge is 2.10. The first-order chi connectivity index (χ1) is 6.77. The van der Waals surface area contributed by atoms with Crippen molar-refractivity contribution in [3.63, 3.8) is 0 Å². The standard InChI is InChI=1S/C10H9BrN2S.ClH/c11-7-3-4-8(13-6-7)10(12)9-2-1-5-14-9;/h1-6,10H,12H2;1H/t10-;/m0./s1. The van der Waals surface area contributed by atoms with E-state index in [1.54, 1.807) is 17.5 Å². The van der Waals surface area contributed by atoms with Gasteiger partial charge in [0.2, 0.25) is 0 Å². The van der Waals surface area contributed by atoms with Crippen molar-refractivity contribution in [1.29, 1.82) is 0 Å². The lowest BCUT2D eigenvalue weighted by atomic mass is 10.2. The van der Waals surface area contributed by atoms with E-state index < -0.39 is 0 Å². The third kappa shape index (κ3) is 3.01. The molecule has 0 aliphatic heterocycles. The maximum atomic E-state index is 6.04. The lowest BCUT2D eigenvalue weighted by molar-refractivity contribution is 0.846. The van der Waals surface area contributed by atoms with Gasteiger partial charge in [-0.25, -0.2) is 0 Å². The Morgan fingerprint density at radius 2 is 2.13 bits per heavy atom. The second-order valence-electron chi connectivity index (χ2n) is 2.89. The number of thiophene rings is 1. The van der Waals surface area contributed by atoms with Crippen LogP contribution in [0.2, 0.25) is 0 Å². The number of halogens is 2. The molecule has 0 saturated heterocycles. The summed E-state index contributed by atoms with van der Waals surface area (Å²) in [7, 11) is 0. The largest absolute Gasteiger partial charge is 0.318 e. The molecule has 15 heavy (non-hydrogen) atoms. The summed E-state index contributed by atoms with van der Waals surface area (Å²) in [5, 5.41) is 2.02. The van der Waals surface area contributed by atoms with Crippen molar-refractivity contribution in [2.75, 3.05) is 0 Å². The monoisotopic (exact) mass is 304 g/mol. The Morgan fingerprint density at radius 3 is 2.67 bits per heavy atom. The summed E-state index contributed by atoms with van der Waals surface area (Å²) in [6, 6.07) is 7.81. The van der Waals surface area contributed by atoms with Crippen LogP contribution in [-0.2, 0) is 0 Å². The maximum absolute atomic E-state index is 6.04. The fourth-order valence-electron chi connectivity index (χ4n) is 1.19. The normalized spacial score (nSPS) is 11.9. The molecular formula is C10H10BrClN2S. The molecule has 2 aromatic rings. The number of rotatable bonds is 2. The van der Waals surface area contributed by atoms with E-state index in [4.69, 9.17) is 5.73 Å². The van der Waals surface area contributed by atoms with Crippen molar-refractivity contribution < 1.29 is 0 Å². The summed E-state index contributed by atoms with van der Waals surface area (Å²) < 4.78 is 0.972. The number of nitrogens with zero attached hydrogens (tertiary/aromatic N) is 1.